The third-order valence-electron chi connectivity index (χ3n) is 3.99. The van der Waals surface area contributed by atoms with Crippen LogP contribution < -0.4 is 10.6 Å². The first-order valence-electron chi connectivity index (χ1n) is 8.42. The fourth-order valence-corrected chi connectivity index (χ4v) is 2.58. The largest absolute Gasteiger partial charge is 0.360 e. The summed E-state index contributed by atoms with van der Waals surface area (Å²) >= 11 is 0. The molecule has 0 spiro atoms. The highest BCUT2D eigenvalue weighted by Crippen LogP contribution is 2.23. The zero-order chi connectivity index (χ0) is 18.9. The summed E-state index contributed by atoms with van der Waals surface area (Å²) in [7, 11) is 0. The van der Waals surface area contributed by atoms with Gasteiger partial charge >= 0.3 is 0 Å². The Morgan fingerprint density at radius 1 is 1.04 bits per heavy atom. The molecule has 0 aromatic heterocycles. The Labute approximate surface area is 153 Å². The molecule has 0 fully saturated rings. The first-order valence-corrected chi connectivity index (χ1v) is 8.42. The number of anilines is 2. The number of hydrogen-bond acceptors (Lipinski definition) is 4. The van der Waals surface area contributed by atoms with Crippen molar-refractivity contribution < 1.29 is 4.79 Å². The third kappa shape index (κ3) is 4.49. The van der Waals surface area contributed by atoms with Gasteiger partial charge in [0.1, 0.15) is 17.7 Å². The highest BCUT2D eigenvalue weighted by Gasteiger charge is 2.12. The van der Waals surface area contributed by atoms with E-state index >= 15 is 0 Å². The van der Waals surface area contributed by atoms with E-state index in [4.69, 9.17) is 10.5 Å². The second-order valence-corrected chi connectivity index (χ2v) is 5.62. The molecule has 2 aromatic rings. The van der Waals surface area contributed by atoms with Crippen molar-refractivity contribution in [2.75, 3.05) is 10.6 Å². The molecule has 0 radical (unpaired) electrons. The average Bonchev–Trinajstić information content (AvgIpc) is 2.69. The van der Waals surface area contributed by atoms with Crippen LogP contribution in [0.3, 0.4) is 0 Å². The molecule has 1 amide bonds. The van der Waals surface area contributed by atoms with Crippen molar-refractivity contribution in [1.29, 1.82) is 10.5 Å². The minimum Gasteiger partial charge on any atom is -0.360 e. The van der Waals surface area contributed by atoms with E-state index in [1.165, 1.54) is 6.20 Å². The molecule has 0 aliphatic carbocycles. The van der Waals surface area contributed by atoms with Crippen LogP contribution in [0.5, 0.6) is 0 Å². The van der Waals surface area contributed by atoms with E-state index in [0.29, 0.717) is 11.3 Å². The van der Waals surface area contributed by atoms with Gasteiger partial charge in [0.2, 0.25) is 0 Å². The topological polar surface area (TPSA) is 88.7 Å². The van der Waals surface area contributed by atoms with Gasteiger partial charge in [0.25, 0.3) is 5.91 Å². The highest BCUT2D eigenvalue weighted by molar-refractivity contribution is 6.05. The maximum Gasteiger partial charge on any atom is 0.255 e. The van der Waals surface area contributed by atoms with E-state index in [1.807, 2.05) is 18.2 Å². The van der Waals surface area contributed by atoms with Crippen molar-refractivity contribution in [2.24, 2.45) is 0 Å². The minimum atomic E-state index is -0.200. The molecule has 5 nitrogen and oxygen atoms in total. The monoisotopic (exact) mass is 344 g/mol. The van der Waals surface area contributed by atoms with Crippen molar-refractivity contribution in [3.63, 3.8) is 0 Å². The van der Waals surface area contributed by atoms with Gasteiger partial charge in [-0.05, 0) is 42.2 Å². The van der Waals surface area contributed by atoms with Crippen molar-refractivity contribution in [2.45, 2.75) is 26.7 Å². The lowest BCUT2D eigenvalue weighted by atomic mass is 10.0. The molecule has 0 bridgehead atoms. The predicted molar refractivity (Wildman–Crippen MR) is 103 cm³/mol. The van der Waals surface area contributed by atoms with Crippen LogP contribution >= 0.6 is 0 Å². The van der Waals surface area contributed by atoms with Gasteiger partial charge < -0.3 is 10.6 Å². The molecule has 0 heterocycles. The number of nitrogens with one attached hydrogen (secondary N) is 2. The molecule has 2 aromatic carbocycles. The molecular formula is C21H20N4O. The smallest absolute Gasteiger partial charge is 0.255 e. The van der Waals surface area contributed by atoms with Gasteiger partial charge in [-0.2, -0.15) is 10.5 Å². The Morgan fingerprint density at radius 2 is 1.65 bits per heavy atom. The number of amides is 1. The first kappa shape index (κ1) is 18.8. The number of benzene rings is 2. The van der Waals surface area contributed by atoms with E-state index in [-0.39, 0.29) is 11.5 Å². The van der Waals surface area contributed by atoms with Gasteiger partial charge in [-0.1, -0.05) is 38.1 Å². The summed E-state index contributed by atoms with van der Waals surface area (Å²) in [6.45, 7) is 4.12. The SMILES string of the molecule is CCc1cccc(CC)c1NC(=O)c1cccc(NC=C(C#N)C#N)c1. The molecule has 0 aliphatic rings. The van der Waals surface area contributed by atoms with Gasteiger partial charge in [-0.25, -0.2) is 0 Å². The Kier molecular flexibility index (Phi) is 6.53. The Morgan fingerprint density at radius 3 is 2.23 bits per heavy atom. The number of aryl methyl sites for hydroxylation is 2. The van der Waals surface area contributed by atoms with Crippen LogP contribution in [0.25, 0.3) is 0 Å². The zero-order valence-electron chi connectivity index (χ0n) is 14.8. The van der Waals surface area contributed by atoms with Crippen LogP contribution in [0.1, 0.15) is 35.3 Å². The van der Waals surface area contributed by atoms with Gasteiger partial charge in [-0.3, -0.25) is 4.79 Å². The van der Waals surface area contributed by atoms with Crippen LogP contribution in [0.4, 0.5) is 11.4 Å². The molecule has 0 aliphatic heterocycles. The summed E-state index contributed by atoms with van der Waals surface area (Å²) < 4.78 is 0. The zero-order valence-corrected chi connectivity index (χ0v) is 14.8. The molecule has 0 atom stereocenters. The summed E-state index contributed by atoms with van der Waals surface area (Å²) in [5.74, 6) is -0.200. The molecule has 2 rings (SSSR count). The standard InChI is InChI=1S/C21H20N4O/c1-3-16-7-5-8-17(4-2)20(16)25-21(26)18-9-6-10-19(11-18)24-14-15(12-22)13-23/h5-11,14,24H,3-4H2,1-2H3,(H,25,26). The van der Waals surface area contributed by atoms with Crippen LogP contribution in [0.15, 0.2) is 54.2 Å². The number of carbonyl (C=O) groups excluding carboxylic acids is 1. The summed E-state index contributed by atoms with van der Waals surface area (Å²) in [6, 6.07) is 16.5. The van der Waals surface area contributed by atoms with Crippen LogP contribution in [0.2, 0.25) is 0 Å². The lowest BCUT2D eigenvalue weighted by Crippen LogP contribution is -2.15. The van der Waals surface area contributed by atoms with E-state index in [0.717, 1.165) is 29.7 Å². The Hall–Kier alpha value is -3.57. The van der Waals surface area contributed by atoms with E-state index in [2.05, 4.69) is 24.5 Å². The van der Waals surface area contributed by atoms with Gasteiger partial charge in [0.15, 0.2) is 0 Å². The van der Waals surface area contributed by atoms with Crippen molar-refractivity contribution in [1.82, 2.24) is 0 Å². The van der Waals surface area contributed by atoms with Gasteiger partial charge in [0, 0.05) is 23.1 Å². The van der Waals surface area contributed by atoms with Gasteiger partial charge in [-0.15, -0.1) is 0 Å². The maximum absolute atomic E-state index is 12.7. The fourth-order valence-electron chi connectivity index (χ4n) is 2.58. The second-order valence-electron chi connectivity index (χ2n) is 5.62. The molecule has 26 heavy (non-hydrogen) atoms. The van der Waals surface area contributed by atoms with Crippen LogP contribution in [-0.2, 0) is 12.8 Å². The molecule has 2 N–H and O–H groups in total. The number of carbonyl (C=O) groups is 1. The lowest BCUT2D eigenvalue weighted by Gasteiger charge is -2.14. The number of allylic oxidation sites excluding steroid dienone is 1. The minimum absolute atomic E-state index is 0.0377. The number of nitriles is 2. The lowest BCUT2D eigenvalue weighted by molar-refractivity contribution is 0.102. The third-order valence-corrected chi connectivity index (χ3v) is 3.99. The van der Waals surface area contributed by atoms with E-state index < -0.39 is 0 Å². The molecule has 0 saturated carbocycles. The van der Waals surface area contributed by atoms with E-state index in [9.17, 15) is 4.79 Å². The van der Waals surface area contributed by atoms with E-state index in [1.54, 1.807) is 36.4 Å². The van der Waals surface area contributed by atoms with Crippen molar-refractivity contribution >= 4 is 17.3 Å². The van der Waals surface area contributed by atoms with Gasteiger partial charge in [0.05, 0.1) is 0 Å². The highest BCUT2D eigenvalue weighted by atomic mass is 16.1. The molecule has 5 heteroatoms. The van der Waals surface area contributed by atoms with Crippen LogP contribution in [0, 0.1) is 22.7 Å². The summed E-state index contributed by atoms with van der Waals surface area (Å²) in [5.41, 5.74) is 4.15. The number of hydrogen-bond donors (Lipinski definition) is 2. The first-order chi connectivity index (χ1) is 12.6. The Bertz CT molecular complexity index is 878. The average molecular weight is 344 g/mol. The normalized spacial score (nSPS) is 9.54. The quantitative estimate of drug-likeness (QED) is 0.760. The summed E-state index contributed by atoms with van der Waals surface area (Å²) in [6.07, 6.45) is 2.99. The second kappa shape index (κ2) is 9.05. The summed E-state index contributed by atoms with van der Waals surface area (Å²) in [5, 5.41) is 23.4. The van der Waals surface area contributed by atoms with Crippen molar-refractivity contribution in [3.05, 3.63) is 70.9 Å². The molecule has 0 saturated heterocycles. The Balaban J connectivity index is 2.24. The summed E-state index contributed by atoms with van der Waals surface area (Å²) in [4.78, 5) is 12.7. The number of para-hydroxylation sites is 1. The van der Waals surface area contributed by atoms with Crippen LogP contribution in [-0.4, -0.2) is 5.91 Å². The predicted octanol–water partition coefficient (Wildman–Crippen LogP) is 4.41. The maximum atomic E-state index is 12.7. The molecule has 130 valence electrons. The van der Waals surface area contributed by atoms with Crippen molar-refractivity contribution in [3.8, 4) is 12.1 Å². The fraction of sp³-hybridized carbons (Fsp3) is 0.190. The molecule has 0 unspecified atom stereocenters. The number of rotatable bonds is 6. The molecular weight excluding hydrogens is 324 g/mol. The number of nitrogens with zero attached hydrogens (tertiary/aromatic N) is 2.